The molecule has 0 fully saturated rings. The minimum Gasteiger partial charge on any atom is -0.304 e. The van der Waals surface area contributed by atoms with Crippen molar-refractivity contribution in [1.29, 1.82) is 0 Å². The first kappa shape index (κ1) is 9.62. The number of halogens is 1. The molecule has 0 radical (unpaired) electrons. The highest BCUT2D eigenvalue weighted by atomic mass is 35.5. The summed E-state index contributed by atoms with van der Waals surface area (Å²) in [4.78, 5) is 12.3. The number of amides is 1. The van der Waals surface area contributed by atoms with E-state index in [4.69, 9.17) is 11.6 Å². The maximum atomic E-state index is 10.7. The number of rotatable bonds is 2. The molecule has 72 valence electrons. The van der Waals surface area contributed by atoms with E-state index in [0.717, 1.165) is 12.0 Å². The summed E-state index contributed by atoms with van der Waals surface area (Å²) in [5.74, 6) is 0. The first-order valence-electron chi connectivity index (χ1n) is 4.12. The largest absolute Gasteiger partial charge is 0.304 e. The summed E-state index contributed by atoms with van der Waals surface area (Å²) >= 11 is 7.61. The molecule has 4 heteroatoms. The standard InChI is InChI=1S/C10H8ClNOS/c11-9-4-2-1-3-8(9)10-12(7-13)5-6-14-10/h1-7,10H. The molecule has 0 N–H and O–H groups in total. The molecule has 0 saturated heterocycles. The number of hydrogen-bond donors (Lipinski definition) is 0. The van der Waals surface area contributed by atoms with Gasteiger partial charge in [0.05, 0.1) is 0 Å². The van der Waals surface area contributed by atoms with E-state index in [1.165, 1.54) is 0 Å². The molecule has 1 atom stereocenters. The Morgan fingerprint density at radius 1 is 1.43 bits per heavy atom. The summed E-state index contributed by atoms with van der Waals surface area (Å²) in [6, 6.07) is 7.56. The highest BCUT2D eigenvalue weighted by molar-refractivity contribution is 8.02. The Labute approximate surface area is 91.5 Å². The van der Waals surface area contributed by atoms with Crippen molar-refractivity contribution in [3.63, 3.8) is 0 Å². The van der Waals surface area contributed by atoms with Crippen LogP contribution in [0, 0.1) is 0 Å². The van der Waals surface area contributed by atoms with Gasteiger partial charge in [-0.25, -0.2) is 0 Å². The van der Waals surface area contributed by atoms with Crippen LogP contribution in [0.5, 0.6) is 0 Å². The second-order valence-corrected chi connectivity index (χ2v) is 4.25. The van der Waals surface area contributed by atoms with Crippen LogP contribution < -0.4 is 0 Å². The molecule has 1 heterocycles. The molecule has 2 nitrogen and oxygen atoms in total. The predicted octanol–water partition coefficient (Wildman–Crippen LogP) is 3.02. The average molecular weight is 226 g/mol. The van der Waals surface area contributed by atoms with Crippen molar-refractivity contribution in [2.75, 3.05) is 0 Å². The molecule has 14 heavy (non-hydrogen) atoms. The Morgan fingerprint density at radius 3 is 2.93 bits per heavy atom. The first-order chi connectivity index (χ1) is 6.83. The second-order valence-electron chi connectivity index (χ2n) is 2.85. The lowest BCUT2D eigenvalue weighted by Crippen LogP contribution is -2.15. The lowest BCUT2D eigenvalue weighted by atomic mass is 10.2. The van der Waals surface area contributed by atoms with E-state index in [2.05, 4.69) is 0 Å². The monoisotopic (exact) mass is 225 g/mol. The highest BCUT2D eigenvalue weighted by Crippen LogP contribution is 2.40. The van der Waals surface area contributed by atoms with Crippen LogP contribution in [0.4, 0.5) is 0 Å². The van der Waals surface area contributed by atoms with Gasteiger partial charge in [0.25, 0.3) is 0 Å². The molecule has 1 aromatic rings. The van der Waals surface area contributed by atoms with E-state index < -0.39 is 0 Å². The number of carbonyl (C=O) groups excluding carboxylic acids is 1. The zero-order valence-corrected chi connectivity index (χ0v) is 8.83. The number of benzene rings is 1. The van der Waals surface area contributed by atoms with Crippen LogP contribution in [0.3, 0.4) is 0 Å². The fourth-order valence-corrected chi connectivity index (χ4v) is 2.60. The van der Waals surface area contributed by atoms with Crippen LogP contribution in [0.2, 0.25) is 5.02 Å². The predicted molar refractivity (Wildman–Crippen MR) is 58.8 cm³/mol. The van der Waals surface area contributed by atoms with Crippen LogP contribution in [0.1, 0.15) is 10.9 Å². The van der Waals surface area contributed by atoms with E-state index >= 15 is 0 Å². The van der Waals surface area contributed by atoms with Gasteiger partial charge in [-0.1, -0.05) is 29.8 Å². The third-order valence-electron chi connectivity index (χ3n) is 2.00. The maximum Gasteiger partial charge on any atom is 0.214 e. The van der Waals surface area contributed by atoms with Crippen molar-refractivity contribution in [3.05, 3.63) is 46.5 Å². The van der Waals surface area contributed by atoms with Crippen molar-refractivity contribution in [2.45, 2.75) is 5.37 Å². The van der Waals surface area contributed by atoms with Gasteiger partial charge in [0.2, 0.25) is 6.41 Å². The van der Waals surface area contributed by atoms with Crippen molar-refractivity contribution >= 4 is 29.8 Å². The fourth-order valence-electron chi connectivity index (χ4n) is 1.33. The molecular weight excluding hydrogens is 218 g/mol. The van der Waals surface area contributed by atoms with Crippen LogP contribution in [0.25, 0.3) is 0 Å². The molecule has 0 spiro atoms. The van der Waals surface area contributed by atoms with Crippen LogP contribution in [-0.4, -0.2) is 11.3 Å². The molecule has 0 aliphatic carbocycles. The molecule has 1 aromatic carbocycles. The lowest BCUT2D eigenvalue weighted by Gasteiger charge is -2.19. The zero-order chi connectivity index (χ0) is 9.97. The summed E-state index contributed by atoms with van der Waals surface area (Å²) in [5, 5.41) is 2.57. The topological polar surface area (TPSA) is 20.3 Å². The molecular formula is C10H8ClNOS. The third-order valence-corrected chi connectivity index (χ3v) is 3.38. The SMILES string of the molecule is O=CN1C=CSC1c1ccccc1Cl. The molecule has 0 bridgehead atoms. The van der Waals surface area contributed by atoms with Crippen LogP contribution in [-0.2, 0) is 4.79 Å². The Hall–Kier alpha value is -0.930. The van der Waals surface area contributed by atoms with Gasteiger partial charge in [0.1, 0.15) is 5.37 Å². The fraction of sp³-hybridized carbons (Fsp3) is 0.100. The summed E-state index contributed by atoms with van der Waals surface area (Å²) in [6.45, 7) is 0. The normalized spacial score (nSPS) is 20.1. The van der Waals surface area contributed by atoms with Crippen molar-refractivity contribution in [1.82, 2.24) is 4.90 Å². The highest BCUT2D eigenvalue weighted by Gasteiger charge is 2.22. The van der Waals surface area contributed by atoms with Gasteiger partial charge in [-0.05, 0) is 11.5 Å². The Kier molecular flexibility index (Phi) is 2.79. The average Bonchev–Trinajstić information content (AvgIpc) is 2.66. The van der Waals surface area contributed by atoms with Gasteiger partial charge in [0.15, 0.2) is 0 Å². The lowest BCUT2D eigenvalue weighted by molar-refractivity contribution is -0.116. The van der Waals surface area contributed by atoms with Gasteiger partial charge < -0.3 is 4.90 Å². The quantitative estimate of drug-likeness (QED) is 0.722. The van der Waals surface area contributed by atoms with Gasteiger partial charge in [-0.2, -0.15) is 0 Å². The third kappa shape index (κ3) is 1.65. The Bertz CT molecular complexity index is 380. The smallest absolute Gasteiger partial charge is 0.214 e. The van der Waals surface area contributed by atoms with E-state index in [1.54, 1.807) is 22.9 Å². The molecule has 1 aliphatic rings. The molecule has 2 rings (SSSR count). The molecule has 1 unspecified atom stereocenters. The van der Waals surface area contributed by atoms with E-state index in [9.17, 15) is 4.79 Å². The summed E-state index contributed by atoms with van der Waals surface area (Å²) in [7, 11) is 0. The van der Waals surface area contributed by atoms with Crippen LogP contribution >= 0.6 is 23.4 Å². The first-order valence-corrected chi connectivity index (χ1v) is 5.44. The van der Waals surface area contributed by atoms with Gasteiger partial charge >= 0.3 is 0 Å². The second kappa shape index (κ2) is 4.07. The molecule has 0 aromatic heterocycles. The summed E-state index contributed by atoms with van der Waals surface area (Å²) < 4.78 is 0. The number of nitrogens with zero attached hydrogens (tertiary/aromatic N) is 1. The van der Waals surface area contributed by atoms with E-state index in [-0.39, 0.29) is 5.37 Å². The molecule has 0 saturated carbocycles. The number of carbonyl (C=O) groups is 1. The van der Waals surface area contributed by atoms with Crippen molar-refractivity contribution < 1.29 is 4.79 Å². The van der Waals surface area contributed by atoms with Crippen molar-refractivity contribution in [2.24, 2.45) is 0 Å². The van der Waals surface area contributed by atoms with Crippen molar-refractivity contribution in [3.8, 4) is 0 Å². The van der Waals surface area contributed by atoms with Crippen LogP contribution in [0.15, 0.2) is 35.9 Å². The van der Waals surface area contributed by atoms with Gasteiger partial charge in [-0.15, -0.1) is 11.8 Å². The maximum absolute atomic E-state index is 10.7. The van der Waals surface area contributed by atoms with Gasteiger partial charge in [-0.3, -0.25) is 4.79 Å². The minimum atomic E-state index is -0.0128. The van der Waals surface area contributed by atoms with E-state index in [1.807, 2.05) is 29.7 Å². The summed E-state index contributed by atoms with van der Waals surface area (Å²) in [5.41, 5.74) is 0.969. The van der Waals surface area contributed by atoms with E-state index in [0.29, 0.717) is 5.02 Å². The Morgan fingerprint density at radius 2 is 2.21 bits per heavy atom. The Balaban J connectivity index is 2.32. The number of thioether (sulfide) groups is 1. The number of hydrogen-bond acceptors (Lipinski definition) is 2. The molecule has 1 aliphatic heterocycles. The zero-order valence-electron chi connectivity index (χ0n) is 7.26. The minimum absolute atomic E-state index is 0.0128. The van der Waals surface area contributed by atoms with Gasteiger partial charge in [0, 0.05) is 16.8 Å². The summed E-state index contributed by atoms with van der Waals surface area (Å²) in [6.07, 6.45) is 2.57. The molecule has 1 amide bonds.